The molecule has 1 aliphatic heterocycles. The van der Waals surface area contributed by atoms with Gasteiger partial charge in [0.2, 0.25) is 0 Å². The summed E-state index contributed by atoms with van der Waals surface area (Å²) in [6, 6.07) is 15.5. The third-order valence-electron chi connectivity index (χ3n) is 5.87. The number of hydrogen-bond donors (Lipinski definition) is 5. The minimum Gasteiger partial charge on any atom is -0.508 e. The zero-order chi connectivity index (χ0) is 22.5. The Morgan fingerprint density at radius 2 is 1.62 bits per heavy atom. The van der Waals surface area contributed by atoms with Gasteiger partial charge in [0, 0.05) is 35.5 Å². The van der Waals surface area contributed by atoms with Crippen LogP contribution in [0, 0.1) is 0 Å². The SMILES string of the molecule is NCCNC(=S)Nc1ccc2c(c1)C(=O)OC21c2ccc(O)cc2Cc2cc(O)ccc21. The zero-order valence-corrected chi connectivity index (χ0v) is 17.8. The normalized spacial score (nSPS) is 14.8. The van der Waals surface area contributed by atoms with Crippen LogP contribution in [-0.2, 0) is 16.8 Å². The first-order valence-electron chi connectivity index (χ1n) is 10.2. The average Bonchev–Trinajstić information content (AvgIpc) is 3.04. The fraction of sp³-hybridized carbons (Fsp3) is 0.167. The second kappa shape index (κ2) is 7.51. The first-order chi connectivity index (χ1) is 15.4. The van der Waals surface area contributed by atoms with E-state index in [-0.39, 0.29) is 11.5 Å². The Morgan fingerprint density at radius 3 is 2.25 bits per heavy atom. The molecule has 1 aliphatic carbocycles. The van der Waals surface area contributed by atoms with Crippen molar-refractivity contribution in [3.63, 3.8) is 0 Å². The van der Waals surface area contributed by atoms with Crippen LogP contribution in [0.25, 0.3) is 0 Å². The second-order valence-corrected chi connectivity index (χ2v) is 8.27. The van der Waals surface area contributed by atoms with Crippen LogP contribution in [0.4, 0.5) is 5.69 Å². The molecular weight excluding hydrogens is 426 g/mol. The lowest BCUT2D eigenvalue weighted by molar-refractivity contribution is 0.0240. The van der Waals surface area contributed by atoms with Crippen molar-refractivity contribution in [1.29, 1.82) is 0 Å². The van der Waals surface area contributed by atoms with Crippen LogP contribution in [0.1, 0.15) is 38.2 Å². The van der Waals surface area contributed by atoms with E-state index in [4.69, 9.17) is 22.7 Å². The predicted octanol–water partition coefficient (Wildman–Crippen LogP) is 2.71. The summed E-state index contributed by atoms with van der Waals surface area (Å²) in [7, 11) is 0. The molecule has 3 aromatic carbocycles. The molecule has 162 valence electrons. The number of hydrogen-bond acceptors (Lipinski definition) is 6. The summed E-state index contributed by atoms with van der Waals surface area (Å²) in [5.41, 5.74) is 9.37. The van der Waals surface area contributed by atoms with E-state index in [0.29, 0.717) is 41.4 Å². The maximum absolute atomic E-state index is 13.1. The van der Waals surface area contributed by atoms with Crippen molar-refractivity contribution in [2.45, 2.75) is 12.0 Å². The molecule has 3 aromatic rings. The number of nitrogens with one attached hydrogen (secondary N) is 2. The van der Waals surface area contributed by atoms with E-state index in [2.05, 4.69) is 10.6 Å². The topological polar surface area (TPSA) is 117 Å². The van der Waals surface area contributed by atoms with Crippen LogP contribution in [0.3, 0.4) is 0 Å². The van der Waals surface area contributed by atoms with Gasteiger partial charge in [0.25, 0.3) is 0 Å². The van der Waals surface area contributed by atoms with E-state index in [1.165, 1.54) is 0 Å². The Bertz CT molecular complexity index is 1220. The molecule has 5 rings (SSSR count). The third kappa shape index (κ3) is 3.07. The minimum atomic E-state index is -1.16. The lowest BCUT2D eigenvalue weighted by atomic mass is 9.71. The van der Waals surface area contributed by atoms with Gasteiger partial charge in [0.15, 0.2) is 10.7 Å². The van der Waals surface area contributed by atoms with Gasteiger partial charge in [0.1, 0.15) is 11.5 Å². The van der Waals surface area contributed by atoms with E-state index in [9.17, 15) is 15.0 Å². The van der Waals surface area contributed by atoms with Crippen molar-refractivity contribution in [3.05, 3.63) is 88.0 Å². The number of benzene rings is 3. The molecule has 0 bridgehead atoms. The van der Waals surface area contributed by atoms with Gasteiger partial charge >= 0.3 is 5.97 Å². The van der Waals surface area contributed by atoms with Gasteiger partial charge in [-0.2, -0.15) is 0 Å². The molecule has 7 nitrogen and oxygen atoms in total. The van der Waals surface area contributed by atoms with Gasteiger partial charge in [0.05, 0.1) is 5.56 Å². The standard InChI is InChI=1S/C24H21N3O4S/c25-7-8-26-23(32)27-15-1-4-21-18(12-15)22(30)31-24(21)19-5-2-16(28)10-13(19)9-14-11-17(29)3-6-20(14)24/h1-6,10-12,28-29H,7-9,25H2,(H2,26,27,32). The summed E-state index contributed by atoms with van der Waals surface area (Å²) in [6.45, 7) is 0.986. The fourth-order valence-electron chi connectivity index (χ4n) is 4.60. The fourth-order valence-corrected chi connectivity index (χ4v) is 4.82. The highest BCUT2D eigenvalue weighted by Crippen LogP contribution is 2.53. The summed E-state index contributed by atoms with van der Waals surface area (Å²) in [6.07, 6.45) is 0.503. The first-order valence-corrected chi connectivity index (χ1v) is 10.6. The van der Waals surface area contributed by atoms with Crippen molar-refractivity contribution >= 4 is 29.0 Å². The summed E-state index contributed by atoms with van der Waals surface area (Å²) in [5.74, 6) is -0.195. The lowest BCUT2D eigenvalue weighted by Crippen LogP contribution is -2.35. The quantitative estimate of drug-likeness (QED) is 0.307. The van der Waals surface area contributed by atoms with Crippen molar-refractivity contribution in [2.75, 3.05) is 18.4 Å². The zero-order valence-electron chi connectivity index (χ0n) is 17.0. The number of fused-ring (bicyclic) bond motifs is 6. The number of carbonyl (C=O) groups is 1. The number of rotatable bonds is 3. The van der Waals surface area contributed by atoms with Crippen LogP contribution in [0.15, 0.2) is 54.6 Å². The number of esters is 1. The number of phenols is 2. The van der Waals surface area contributed by atoms with Gasteiger partial charge in [-0.15, -0.1) is 0 Å². The molecule has 0 amide bonds. The van der Waals surface area contributed by atoms with E-state index >= 15 is 0 Å². The van der Waals surface area contributed by atoms with Crippen LogP contribution in [0.5, 0.6) is 11.5 Å². The summed E-state index contributed by atoms with van der Waals surface area (Å²) in [4.78, 5) is 13.1. The van der Waals surface area contributed by atoms with Gasteiger partial charge < -0.3 is 31.3 Å². The lowest BCUT2D eigenvalue weighted by Gasteiger charge is -2.37. The molecular formula is C24H21N3O4S. The van der Waals surface area contributed by atoms with Crippen molar-refractivity contribution in [2.24, 2.45) is 5.73 Å². The Kier molecular flexibility index (Phi) is 4.76. The number of nitrogens with two attached hydrogens (primary N) is 1. The molecule has 6 N–H and O–H groups in total. The van der Waals surface area contributed by atoms with Gasteiger partial charge in [-0.05, 0) is 66.2 Å². The highest BCUT2D eigenvalue weighted by atomic mass is 32.1. The second-order valence-electron chi connectivity index (χ2n) is 7.86. The largest absolute Gasteiger partial charge is 0.508 e. The number of carbonyl (C=O) groups excluding carboxylic acids is 1. The molecule has 1 spiro atoms. The molecule has 0 unspecified atom stereocenters. The summed E-state index contributed by atoms with van der Waals surface area (Å²) in [5, 5.41) is 26.6. The smallest absolute Gasteiger partial charge is 0.340 e. The van der Waals surface area contributed by atoms with Gasteiger partial charge in [-0.1, -0.05) is 18.2 Å². The van der Waals surface area contributed by atoms with E-state index < -0.39 is 11.6 Å². The third-order valence-corrected chi connectivity index (χ3v) is 6.12. The number of ether oxygens (including phenoxy) is 1. The molecule has 2 aliphatic rings. The number of phenolic OH excluding ortho intramolecular Hbond substituents is 2. The summed E-state index contributed by atoms with van der Waals surface area (Å²) < 4.78 is 6.12. The molecule has 0 fully saturated rings. The number of anilines is 1. The molecule has 0 saturated heterocycles. The molecule has 1 heterocycles. The van der Waals surface area contributed by atoms with Crippen LogP contribution in [-0.4, -0.2) is 34.4 Å². The molecule has 8 heteroatoms. The van der Waals surface area contributed by atoms with Crippen LogP contribution in [0.2, 0.25) is 0 Å². The maximum Gasteiger partial charge on any atom is 0.340 e. The molecule has 0 saturated carbocycles. The monoisotopic (exact) mass is 447 g/mol. The average molecular weight is 448 g/mol. The molecule has 0 radical (unpaired) electrons. The minimum absolute atomic E-state index is 0.130. The predicted molar refractivity (Wildman–Crippen MR) is 124 cm³/mol. The van der Waals surface area contributed by atoms with E-state index in [1.807, 2.05) is 12.1 Å². The number of aromatic hydroxyl groups is 2. The van der Waals surface area contributed by atoms with Crippen LogP contribution >= 0.6 is 12.2 Å². The Hall–Kier alpha value is -3.62. The first kappa shape index (κ1) is 20.3. The van der Waals surface area contributed by atoms with Crippen molar-refractivity contribution in [1.82, 2.24) is 5.32 Å². The van der Waals surface area contributed by atoms with E-state index in [1.54, 1.807) is 42.5 Å². The summed E-state index contributed by atoms with van der Waals surface area (Å²) >= 11 is 5.26. The Balaban J connectivity index is 1.66. The van der Waals surface area contributed by atoms with E-state index in [0.717, 1.165) is 22.3 Å². The van der Waals surface area contributed by atoms with Gasteiger partial charge in [-0.3, -0.25) is 0 Å². The highest BCUT2D eigenvalue weighted by molar-refractivity contribution is 7.80. The molecule has 0 aromatic heterocycles. The molecule has 0 atom stereocenters. The van der Waals surface area contributed by atoms with Crippen molar-refractivity contribution in [3.8, 4) is 11.5 Å². The maximum atomic E-state index is 13.1. The number of thiocarbonyl (C=S) groups is 1. The Labute approximate surface area is 189 Å². The molecule has 32 heavy (non-hydrogen) atoms. The van der Waals surface area contributed by atoms with Gasteiger partial charge in [-0.25, -0.2) is 4.79 Å². The Morgan fingerprint density at radius 1 is 1.00 bits per heavy atom. The van der Waals surface area contributed by atoms with Crippen molar-refractivity contribution < 1.29 is 19.7 Å². The van der Waals surface area contributed by atoms with Crippen LogP contribution < -0.4 is 16.4 Å². The highest BCUT2D eigenvalue weighted by Gasteiger charge is 2.52.